The number of fused-ring (bicyclic) bond motifs is 1. The topological polar surface area (TPSA) is 51.6 Å². The Hall–Kier alpha value is -2.12. The molecule has 2 saturated heterocycles. The fourth-order valence-corrected chi connectivity index (χ4v) is 4.97. The first kappa shape index (κ1) is 21.1. The number of benzene rings is 1. The Bertz CT molecular complexity index is 788. The third-order valence-electron chi connectivity index (χ3n) is 6.69. The summed E-state index contributed by atoms with van der Waals surface area (Å²) in [7, 11) is 1.72. The zero-order valence-corrected chi connectivity index (χ0v) is 18.8. The smallest absolute Gasteiger partial charge is 0.236 e. The molecular formula is C23H35N5O2. The van der Waals surface area contributed by atoms with Crippen LogP contribution in [0.25, 0.3) is 0 Å². The van der Waals surface area contributed by atoms with Crippen LogP contribution < -0.4 is 4.74 Å². The quantitative estimate of drug-likeness (QED) is 0.740. The van der Waals surface area contributed by atoms with Gasteiger partial charge in [0.25, 0.3) is 0 Å². The molecule has 0 radical (unpaired) electrons. The molecule has 0 bridgehead atoms. The van der Waals surface area contributed by atoms with Gasteiger partial charge in [0.2, 0.25) is 5.91 Å². The van der Waals surface area contributed by atoms with Crippen LogP contribution in [0.3, 0.4) is 0 Å². The Morgan fingerprint density at radius 1 is 1.17 bits per heavy atom. The second-order valence-electron chi connectivity index (χ2n) is 8.90. The predicted molar refractivity (Wildman–Crippen MR) is 119 cm³/mol. The highest BCUT2D eigenvalue weighted by Gasteiger charge is 2.39. The van der Waals surface area contributed by atoms with Crippen molar-refractivity contribution in [2.45, 2.75) is 45.3 Å². The SMILES string of the molecule is COc1ccccc1C1C(C)N=C2CCN(CC(=O)N3CCN(C(C)C)CC3)CN21. The molecule has 3 heterocycles. The lowest BCUT2D eigenvalue weighted by molar-refractivity contribution is -0.135. The molecule has 0 saturated carbocycles. The highest BCUT2D eigenvalue weighted by Crippen LogP contribution is 2.38. The van der Waals surface area contributed by atoms with E-state index in [1.54, 1.807) is 7.11 Å². The molecule has 0 N–H and O–H groups in total. The van der Waals surface area contributed by atoms with Crippen LogP contribution in [-0.4, -0.2) is 96.5 Å². The van der Waals surface area contributed by atoms with Crippen molar-refractivity contribution in [3.8, 4) is 5.75 Å². The molecule has 0 aromatic heterocycles. The van der Waals surface area contributed by atoms with Gasteiger partial charge in [-0.05, 0) is 26.8 Å². The monoisotopic (exact) mass is 413 g/mol. The van der Waals surface area contributed by atoms with Gasteiger partial charge in [-0.15, -0.1) is 0 Å². The fraction of sp³-hybridized carbons (Fsp3) is 0.652. The van der Waals surface area contributed by atoms with Crippen molar-refractivity contribution in [1.82, 2.24) is 19.6 Å². The normalized spacial score (nSPS) is 25.4. The standard InChI is InChI=1S/C23H35N5O2/c1-17(2)26-11-13-27(14-12-26)22(29)15-25-10-9-21-24-18(3)23(28(21)16-25)19-7-5-6-8-20(19)30-4/h5-8,17-18,23H,9-16H2,1-4H3. The molecule has 7 heteroatoms. The van der Waals surface area contributed by atoms with Gasteiger partial charge < -0.3 is 14.5 Å². The average Bonchev–Trinajstić information content (AvgIpc) is 3.08. The first-order valence-electron chi connectivity index (χ1n) is 11.2. The first-order chi connectivity index (χ1) is 14.5. The van der Waals surface area contributed by atoms with Gasteiger partial charge in [0.1, 0.15) is 11.6 Å². The molecule has 0 spiro atoms. The number of carbonyl (C=O) groups excluding carboxylic acids is 1. The summed E-state index contributed by atoms with van der Waals surface area (Å²) in [4.78, 5) is 27.0. The molecule has 1 amide bonds. The Labute approximate surface area is 180 Å². The van der Waals surface area contributed by atoms with E-state index in [-0.39, 0.29) is 18.0 Å². The van der Waals surface area contributed by atoms with Gasteiger partial charge in [-0.1, -0.05) is 18.2 Å². The molecule has 7 nitrogen and oxygen atoms in total. The Morgan fingerprint density at radius 2 is 1.90 bits per heavy atom. The van der Waals surface area contributed by atoms with Crippen LogP contribution in [0.1, 0.15) is 38.8 Å². The summed E-state index contributed by atoms with van der Waals surface area (Å²) in [5.74, 6) is 2.31. The number of ether oxygens (including phenoxy) is 1. The van der Waals surface area contributed by atoms with E-state index < -0.39 is 0 Å². The Morgan fingerprint density at radius 3 is 2.60 bits per heavy atom. The van der Waals surface area contributed by atoms with Crippen LogP contribution in [-0.2, 0) is 4.79 Å². The molecule has 4 rings (SSSR count). The summed E-state index contributed by atoms with van der Waals surface area (Å²) in [6, 6.07) is 9.10. The second-order valence-corrected chi connectivity index (χ2v) is 8.90. The molecule has 30 heavy (non-hydrogen) atoms. The van der Waals surface area contributed by atoms with E-state index in [1.807, 2.05) is 17.0 Å². The van der Waals surface area contributed by atoms with Gasteiger partial charge in [0.15, 0.2) is 0 Å². The van der Waals surface area contributed by atoms with Gasteiger partial charge in [0.05, 0.1) is 32.4 Å². The van der Waals surface area contributed by atoms with E-state index in [2.05, 4.69) is 47.6 Å². The fourth-order valence-electron chi connectivity index (χ4n) is 4.97. The van der Waals surface area contributed by atoms with E-state index in [1.165, 1.54) is 5.56 Å². The molecule has 1 aromatic rings. The van der Waals surface area contributed by atoms with E-state index in [4.69, 9.17) is 9.73 Å². The summed E-state index contributed by atoms with van der Waals surface area (Å²) < 4.78 is 5.63. The highest BCUT2D eigenvalue weighted by atomic mass is 16.5. The molecule has 2 unspecified atom stereocenters. The van der Waals surface area contributed by atoms with E-state index in [0.717, 1.165) is 57.4 Å². The van der Waals surface area contributed by atoms with Crippen LogP contribution in [0.4, 0.5) is 0 Å². The molecule has 0 aliphatic carbocycles. The lowest BCUT2D eigenvalue weighted by atomic mass is 9.99. The van der Waals surface area contributed by atoms with Crippen molar-refractivity contribution in [3.05, 3.63) is 29.8 Å². The number of para-hydroxylation sites is 1. The maximum atomic E-state index is 12.9. The summed E-state index contributed by atoms with van der Waals surface area (Å²) >= 11 is 0. The molecule has 164 valence electrons. The third kappa shape index (κ3) is 4.18. The van der Waals surface area contributed by atoms with Crippen LogP contribution in [0.15, 0.2) is 29.3 Å². The lowest BCUT2D eigenvalue weighted by Crippen LogP contribution is -2.55. The van der Waals surface area contributed by atoms with Crippen LogP contribution in [0, 0.1) is 0 Å². The van der Waals surface area contributed by atoms with Crippen LogP contribution >= 0.6 is 0 Å². The lowest BCUT2D eigenvalue weighted by Gasteiger charge is -2.41. The number of aliphatic imine (C=N–C) groups is 1. The van der Waals surface area contributed by atoms with Gasteiger partial charge in [-0.2, -0.15) is 0 Å². The number of piperazine rings is 1. The van der Waals surface area contributed by atoms with E-state index in [9.17, 15) is 4.79 Å². The minimum absolute atomic E-state index is 0.156. The van der Waals surface area contributed by atoms with Crippen molar-refractivity contribution >= 4 is 11.7 Å². The van der Waals surface area contributed by atoms with Crippen molar-refractivity contribution in [2.24, 2.45) is 4.99 Å². The van der Waals surface area contributed by atoms with Gasteiger partial charge >= 0.3 is 0 Å². The third-order valence-corrected chi connectivity index (χ3v) is 6.69. The molecule has 3 aliphatic rings. The second kappa shape index (κ2) is 8.94. The van der Waals surface area contributed by atoms with Crippen molar-refractivity contribution in [1.29, 1.82) is 0 Å². The maximum Gasteiger partial charge on any atom is 0.236 e. The number of rotatable bonds is 5. The van der Waals surface area contributed by atoms with Crippen LogP contribution in [0.5, 0.6) is 5.75 Å². The number of amides is 1. The van der Waals surface area contributed by atoms with Gasteiger partial charge in [-0.25, -0.2) is 0 Å². The predicted octanol–water partition coefficient (Wildman–Crippen LogP) is 2.05. The summed E-state index contributed by atoms with van der Waals surface area (Å²) in [6.45, 7) is 12.3. The number of nitrogens with zero attached hydrogens (tertiary/aromatic N) is 5. The molecular weight excluding hydrogens is 378 g/mol. The zero-order chi connectivity index (χ0) is 21.3. The zero-order valence-electron chi connectivity index (χ0n) is 18.8. The Kier molecular flexibility index (Phi) is 6.29. The van der Waals surface area contributed by atoms with E-state index in [0.29, 0.717) is 12.6 Å². The summed E-state index contributed by atoms with van der Waals surface area (Å²) in [6.07, 6.45) is 0.893. The minimum Gasteiger partial charge on any atom is -0.496 e. The first-order valence-corrected chi connectivity index (χ1v) is 11.2. The van der Waals surface area contributed by atoms with Gasteiger partial charge in [0, 0.05) is 50.7 Å². The molecule has 2 atom stereocenters. The van der Waals surface area contributed by atoms with Gasteiger partial charge in [-0.3, -0.25) is 19.6 Å². The van der Waals surface area contributed by atoms with Crippen LogP contribution in [0.2, 0.25) is 0 Å². The number of carbonyl (C=O) groups is 1. The summed E-state index contributed by atoms with van der Waals surface area (Å²) in [5.41, 5.74) is 1.17. The summed E-state index contributed by atoms with van der Waals surface area (Å²) in [5, 5.41) is 0. The maximum absolute atomic E-state index is 12.9. The molecule has 3 aliphatic heterocycles. The van der Waals surface area contributed by atoms with Crippen molar-refractivity contribution in [2.75, 3.05) is 53.0 Å². The number of amidine groups is 1. The minimum atomic E-state index is 0.156. The number of methoxy groups -OCH3 is 1. The average molecular weight is 414 g/mol. The van der Waals surface area contributed by atoms with Crippen molar-refractivity contribution < 1.29 is 9.53 Å². The highest BCUT2D eigenvalue weighted by molar-refractivity contribution is 5.86. The largest absolute Gasteiger partial charge is 0.496 e. The molecule has 2 fully saturated rings. The van der Waals surface area contributed by atoms with Crippen molar-refractivity contribution in [3.63, 3.8) is 0 Å². The number of hydrogen-bond donors (Lipinski definition) is 0. The number of hydrogen-bond acceptors (Lipinski definition) is 6. The Balaban J connectivity index is 1.40. The van der Waals surface area contributed by atoms with E-state index >= 15 is 0 Å². The molecule has 1 aromatic carbocycles.